The molecule has 5 nitrogen and oxygen atoms in total. The van der Waals surface area contributed by atoms with E-state index in [0.29, 0.717) is 5.82 Å². The SMILES string of the molecule is C[C@H](Nc1cn[nH]c(=O)n1)c1ccccc1. The molecule has 1 atom stereocenters. The van der Waals surface area contributed by atoms with Gasteiger partial charge in [-0.1, -0.05) is 30.3 Å². The molecule has 0 aliphatic rings. The summed E-state index contributed by atoms with van der Waals surface area (Å²) in [6, 6.07) is 10.0. The predicted octanol–water partition coefficient (Wildman–Crippen LogP) is 1.34. The summed E-state index contributed by atoms with van der Waals surface area (Å²) in [6.45, 7) is 2.00. The molecule has 0 fully saturated rings. The van der Waals surface area contributed by atoms with Crippen molar-refractivity contribution in [1.29, 1.82) is 0 Å². The van der Waals surface area contributed by atoms with E-state index in [1.54, 1.807) is 0 Å². The Morgan fingerprint density at radius 1 is 1.31 bits per heavy atom. The van der Waals surface area contributed by atoms with Crippen LogP contribution in [0, 0.1) is 0 Å². The van der Waals surface area contributed by atoms with Gasteiger partial charge in [-0.3, -0.25) is 0 Å². The average Bonchev–Trinajstić information content (AvgIpc) is 2.30. The van der Waals surface area contributed by atoms with Crippen LogP contribution >= 0.6 is 0 Å². The van der Waals surface area contributed by atoms with Crippen molar-refractivity contribution < 1.29 is 0 Å². The number of nitrogens with one attached hydrogen (secondary N) is 2. The summed E-state index contributed by atoms with van der Waals surface area (Å²) in [5.41, 5.74) is 0.676. The van der Waals surface area contributed by atoms with Crippen molar-refractivity contribution in [3.05, 3.63) is 52.6 Å². The largest absolute Gasteiger partial charge is 0.363 e. The van der Waals surface area contributed by atoms with E-state index in [2.05, 4.69) is 20.5 Å². The lowest BCUT2D eigenvalue weighted by Gasteiger charge is -2.13. The van der Waals surface area contributed by atoms with Crippen LogP contribution in [-0.4, -0.2) is 15.2 Å². The van der Waals surface area contributed by atoms with Crippen LogP contribution in [0.3, 0.4) is 0 Å². The van der Waals surface area contributed by atoms with Crippen LogP contribution in [0.1, 0.15) is 18.5 Å². The van der Waals surface area contributed by atoms with Crippen molar-refractivity contribution in [1.82, 2.24) is 15.2 Å². The summed E-state index contributed by atoms with van der Waals surface area (Å²) in [6.07, 6.45) is 1.49. The average molecular weight is 216 g/mol. The predicted molar refractivity (Wildman–Crippen MR) is 61.1 cm³/mol. The summed E-state index contributed by atoms with van der Waals surface area (Å²) < 4.78 is 0. The molecule has 0 amide bonds. The maximum absolute atomic E-state index is 10.9. The van der Waals surface area contributed by atoms with Crippen molar-refractivity contribution in [2.24, 2.45) is 0 Å². The van der Waals surface area contributed by atoms with Crippen LogP contribution in [0.5, 0.6) is 0 Å². The first-order valence-electron chi connectivity index (χ1n) is 4.99. The van der Waals surface area contributed by atoms with E-state index in [0.717, 1.165) is 5.56 Å². The Kier molecular flexibility index (Phi) is 2.95. The van der Waals surface area contributed by atoms with Gasteiger partial charge < -0.3 is 5.32 Å². The third-order valence-electron chi connectivity index (χ3n) is 2.23. The maximum atomic E-state index is 10.9. The number of benzene rings is 1. The Morgan fingerprint density at radius 2 is 2.06 bits per heavy atom. The molecule has 2 aromatic rings. The molecule has 0 spiro atoms. The summed E-state index contributed by atoms with van der Waals surface area (Å²) in [5.74, 6) is 0.472. The number of hydrogen-bond acceptors (Lipinski definition) is 4. The summed E-state index contributed by atoms with van der Waals surface area (Å²) in [7, 11) is 0. The molecule has 5 heteroatoms. The first-order valence-corrected chi connectivity index (χ1v) is 4.99. The van der Waals surface area contributed by atoms with Gasteiger partial charge in [0.05, 0.1) is 6.20 Å². The zero-order valence-electron chi connectivity index (χ0n) is 8.84. The lowest BCUT2D eigenvalue weighted by atomic mass is 10.1. The van der Waals surface area contributed by atoms with E-state index < -0.39 is 5.69 Å². The van der Waals surface area contributed by atoms with Gasteiger partial charge in [0.2, 0.25) is 0 Å². The number of hydrogen-bond donors (Lipinski definition) is 2. The molecule has 1 aromatic heterocycles. The topological polar surface area (TPSA) is 70.7 Å². The van der Waals surface area contributed by atoms with Crippen molar-refractivity contribution >= 4 is 5.82 Å². The lowest BCUT2D eigenvalue weighted by molar-refractivity contribution is 0.845. The fourth-order valence-electron chi connectivity index (χ4n) is 1.43. The third kappa shape index (κ3) is 2.44. The van der Waals surface area contributed by atoms with Gasteiger partial charge in [0.25, 0.3) is 0 Å². The molecule has 0 aliphatic heterocycles. The molecule has 0 radical (unpaired) electrons. The zero-order valence-corrected chi connectivity index (χ0v) is 8.84. The van der Waals surface area contributed by atoms with Gasteiger partial charge in [-0.15, -0.1) is 0 Å². The Labute approximate surface area is 92.6 Å². The van der Waals surface area contributed by atoms with Crippen LogP contribution < -0.4 is 11.0 Å². The Balaban J connectivity index is 2.14. The monoisotopic (exact) mass is 216 g/mol. The number of H-pyrrole nitrogens is 1. The summed E-state index contributed by atoms with van der Waals surface area (Å²) in [5, 5.41) is 9.00. The van der Waals surface area contributed by atoms with Crippen LogP contribution in [0.4, 0.5) is 5.82 Å². The molecule has 0 saturated heterocycles. The molecule has 2 N–H and O–H groups in total. The van der Waals surface area contributed by atoms with Crippen LogP contribution in [0.15, 0.2) is 41.3 Å². The van der Waals surface area contributed by atoms with Crippen LogP contribution in [0.2, 0.25) is 0 Å². The molecule has 0 aliphatic carbocycles. The minimum Gasteiger partial charge on any atom is -0.362 e. The minimum atomic E-state index is -0.453. The van der Waals surface area contributed by atoms with Gasteiger partial charge >= 0.3 is 5.69 Å². The quantitative estimate of drug-likeness (QED) is 0.812. The fourth-order valence-corrected chi connectivity index (χ4v) is 1.43. The Hall–Kier alpha value is -2.17. The van der Waals surface area contributed by atoms with E-state index in [9.17, 15) is 4.79 Å². The van der Waals surface area contributed by atoms with Gasteiger partial charge in [0.15, 0.2) is 5.82 Å². The zero-order chi connectivity index (χ0) is 11.4. The summed E-state index contributed by atoms with van der Waals surface area (Å²) >= 11 is 0. The normalized spacial score (nSPS) is 12.1. The van der Waals surface area contributed by atoms with E-state index in [1.807, 2.05) is 37.3 Å². The highest BCUT2D eigenvalue weighted by molar-refractivity contribution is 5.34. The first-order chi connectivity index (χ1) is 7.75. The number of nitrogens with zero attached hydrogens (tertiary/aromatic N) is 2. The molecule has 1 aromatic carbocycles. The standard InChI is InChI=1S/C11H12N4O/c1-8(9-5-3-2-4-6-9)13-10-7-12-15-11(16)14-10/h2-8H,1H3,(H2,13,14,15,16)/t8-/m0/s1. The molecular formula is C11H12N4O. The number of rotatable bonds is 3. The molecular weight excluding hydrogens is 204 g/mol. The fraction of sp³-hybridized carbons (Fsp3) is 0.182. The van der Waals surface area contributed by atoms with Crippen molar-refractivity contribution in [3.63, 3.8) is 0 Å². The highest BCUT2D eigenvalue weighted by Gasteiger charge is 2.05. The molecule has 82 valence electrons. The molecule has 0 bridgehead atoms. The van der Waals surface area contributed by atoms with E-state index in [-0.39, 0.29) is 6.04 Å². The Bertz CT molecular complexity index is 509. The number of aromatic nitrogens is 3. The maximum Gasteiger partial charge on any atom is 0.363 e. The smallest absolute Gasteiger partial charge is 0.362 e. The van der Waals surface area contributed by atoms with Crippen molar-refractivity contribution in [3.8, 4) is 0 Å². The molecule has 2 rings (SSSR count). The van der Waals surface area contributed by atoms with Crippen molar-refractivity contribution in [2.75, 3.05) is 5.32 Å². The number of aromatic amines is 1. The van der Waals surface area contributed by atoms with Gasteiger partial charge in [0, 0.05) is 6.04 Å². The van der Waals surface area contributed by atoms with E-state index >= 15 is 0 Å². The van der Waals surface area contributed by atoms with Crippen LogP contribution in [-0.2, 0) is 0 Å². The van der Waals surface area contributed by atoms with Gasteiger partial charge in [-0.25, -0.2) is 9.89 Å². The van der Waals surface area contributed by atoms with Gasteiger partial charge in [0.1, 0.15) is 0 Å². The molecule has 1 heterocycles. The highest BCUT2D eigenvalue weighted by Crippen LogP contribution is 2.15. The lowest BCUT2D eigenvalue weighted by Crippen LogP contribution is -2.16. The molecule has 0 saturated carbocycles. The summed E-state index contributed by atoms with van der Waals surface area (Å²) in [4.78, 5) is 14.7. The number of anilines is 1. The van der Waals surface area contributed by atoms with E-state index in [1.165, 1.54) is 6.20 Å². The molecule has 16 heavy (non-hydrogen) atoms. The second-order valence-electron chi connectivity index (χ2n) is 3.45. The first kappa shape index (κ1) is 10.4. The highest BCUT2D eigenvalue weighted by atomic mass is 16.1. The van der Waals surface area contributed by atoms with E-state index in [4.69, 9.17) is 0 Å². The Morgan fingerprint density at radius 3 is 2.75 bits per heavy atom. The minimum absolute atomic E-state index is 0.0808. The third-order valence-corrected chi connectivity index (χ3v) is 2.23. The van der Waals surface area contributed by atoms with Gasteiger partial charge in [-0.2, -0.15) is 10.1 Å². The molecule has 0 unspecified atom stereocenters. The van der Waals surface area contributed by atoms with Crippen LogP contribution in [0.25, 0.3) is 0 Å². The second-order valence-corrected chi connectivity index (χ2v) is 3.45. The van der Waals surface area contributed by atoms with Gasteiger partial charge in [-0.05, 0) is 12.5 Å². The van der Waals surface area contributed by atoms with Crippen molar-refractivity contribution in [2.45, 2.75) is 13.0 Å². The second kappa shape index (κ2) is 4.57.